The zero-order chi connectivity index (χ0) is 16.9. The fourth-order valence-electron chi connectivity index (χ4n) is 3.15. The van der Waals surface area contributed by atoms with Gasteiger partial charge in [-0.1, -0.05) is 42.5 Å². The van der Waals surface area contributed by atoms with Crippen LogP contribution in [0.25, 0.3) is 10.8 Å². The molecule has 1 unspecified atom stereocenters. The van der Waals surface area contributed by atoms with Crippen LogP contribution in [-0.4, -0.2) is 41.3 Å². The Morgan fingerprint density at radius 3 is 2.88 bits per heavy atom. The molecule has 4 nitrogen and oxygen atoms in total. The second-order valence-corrected chi connectivity index (χ2v) is 7.11. The second kappa shape index (κ2) is 7.71. The van der Waals surface area contributed by atoms with Crippen molar-refractivity contribution in [3.63, 3.8) is 0 Å². The normalized spacial score (nSPS) is 17.5. The van der Waals surface area contributed by atoms with Gasteiger partial charge < -0.3 is 10.2 Å². The SMILES string of the molecule is CSCCC(=O)NC1CC(=O)N(Cc2cccc3ccccc23)C1. The van der Waals surface area contributed by atoms with E-state index in [0.29, 0.717) is 25.9 Å². The topological polar surface area (TPSA) is 49.4 Å². The van der Waals surface area contributed by atoms with E-state index < -0.39 is 0 Å². The minimum atomic E-state index is -0.0677. The van der Waals surface area contributed by atoms with Crippen LogP contribution in [0.2, 0.25) is 0 Å². The van der Waals surface area contributed by atoms with Crippen molar-refractivity contribution < 1.29 is 9.59 Å². The summed E-state index contributed by atoms with van der Waals surface area (Å²) in [5.74, 6) is 0.957. The van der Waals surface area contributed by atoms with Crippen LogP contribution < -0.4 is 5.32 Å². The van der Waals surface area contributed by atoms with Crippen molar-refractivity contribution in [3.05, 3.63) is 48.0 Å². The Morgan fingerprint density at radius 1 is 1.25 bits per heavy atom. The molecule has 1 fully saturated rings. The van der Waals surface area contributed by atoms with Gasteiger partial charge >= 0.3 is 0 Å². The predicted molar refractivity (Wildman–Crippen MR) is 98.9 cm³/mol. The van der Waals surface area contributed by atoms with Crippen molar-refractivity contribution in [1.29, 1.82) is 0 Å². The molecule has 24 heavy (non-hydrogen) atoms. The molecule has 0 aliphatic carbocycles. The molecule has 2 aromatic carbocycles. The summed E-state index contributed by atoms with van der Waals surface area (Å²) >= 11 is 1.65. The van der Waals surface area contributed by atoms with E-state index in [0.717, 1.165) is 11.3 Å². The van der Waals surface area contributed by atoms with Gasteiger partial charge in [0, 0.05) is 31.7 Å². The molecule has 0 aromatic heterocycles. The van der Waals surface area contributed by atoms with Gasteiger partial charge in [0.1, 0.15) is 0 Å². The lowest BCUT2D eigenvalue weighted by molar-refractivity contribution is -0.128. The maximum Gasteiger partial charge on any atom is 0.225 e. The molecule has 0 bridgehead atoms. The molecule has 2 aromatic rings. The first-order valence-corrected chi connectivity index (χ1v) is 9.59. The molecule has 0 radical (unpaired) electrons. The highest BCUT2D eigenvalue weighted by Gasteiger charge is 2.30. The molecule has 5 heteroatoms. The first-order chi connectivity index (χ1) is 11.7. The highest BCUT2D eigenvalue weighted by atomic mass is 32.2. The minimum absolute atomic E-state index is 0.0363. The molecular formula is C19H22N2O2S. The van der Waals surface area contributed by atoms with E-state index in [1.54, 1.807) is 11.8 Å². The third-order valence-electron chi connectivity index (χ3n) is 4.35. The molecule has 1 atom stereocenters. The van der Waals surface area contributed by atoms with Crippen LogP contribution in [0.4, 0.5) is 0 Å². The van der Waals surface area contributed by atoms with E-state index in [1.165, 1.54) is 10.8 Å². The zero-order valence-electron chi connectivity index (χ0n) is 13.8. The smallest absolute Gasteiger partial charge is 0.225 e. The standard InChI is InChI=1S/C19H22N2O2S/c1-24-10-9-18(22)20-16-11-19(23)21(13-16)12-15-7-4-6-14-5-2-3-8-17(14)15/h2-8,16H,9-13H2,1H3,(H,20,22). The summed E-state index contributed by atoms with van der Waals surface area (Å²) in [6.07, 6.45) is 2.89. The van der Waals surface area contributed by atoms with Gasteiger partial charge in [-0.25, -0.2) is 0 Å². The van der Waals surface area contributed by atoms with E-state index >= 15 is 0 Å². The number of hydrogen-bond acceptors (Lipinski definition) is 3. The molecule has 1 heterocycles. The number of thioether (sulfide) groups is 1. The minimum Gasteiger partial charge on any atom is -0.351 e. The quantitative estimate of drug-likeness (QED) is 0.878. The number of likely N-dealkylation sites (tertiary alicyclic amines) is 1. The first-order valence-electron chi connectivity index (χ1n) is 8.20. The highest BCUT2D eigenvalue weighted by molar-refractivity contribution is 7.98. The lowest BCUT2D eigenvalue weighted by Gasteiger charge is -2.18. The van der Waals surface area contributed by atoms with Crippen molar-refractivity contribution in [3.8, 4) is 0 Å². The van der Waals surface area contributed by atoms with Gasteiger partial charge in [0.15, 0.2) is 0 Å². The summed E-state index contributed by atoms with van der Waals surface area (Å²) in [7, 11) is 0. The lowest BCUT2D eigenvalue weighted by atomic mass is 10.0. The van der Waals surface area contributed by atoms with Crippen LogP contribution in [0, 0.1) is 0 Å². The molecule has 1 saturated heterocycles. The summed E-state index contributed by atoms with van der Waals surface area (Å²) < 4.78 is 0. The largest absolute Gasteiger partial charge is 0.351 e. The Balaban J connectivity index is 1.65. The number of benzene rings is 2. The molecule has 0 spiro atoms. The van der Waals surface area contributed by atoms with Crippen molar-refractivity contribution in [2.75, 3.05) is 18.6 Å². The summed E-state index contributed by atoms with van der Waals surface area (Å²) in [6.45, 7) is 1.18. The Bertz CT molecular complexity index is 742. The maximum absolute atomic E-state index is 12.3. The van der Waals surface area contributed by atoms with Crippen LogP contribution in [0.1, 0.15) is 18.4 Å². The van der Waals surface area contributed by atoms with Crippen LogP contribution >= 0.6 is 11.8 Å². The average molecular weight is 342 g/mol. The summed E-state index contributed by atoms with van der Waals surface area (Å²) in [5, 5.41) is 5.35. The number of fused-ring (bicyclic) bond motifs is 1. The van der Waals surface area contributed by atoms with Crippen molar-refractivity contribution >= 4 is 34.3 Å². The van der Waals surface area contributed by atoms with Crippen LogP contribution in [0.15, 0.2) is 42.5 Å². The monoisotopic (exact) mass is 342 g/mol. The van der Waals surface area contributed by atoms with Gasteiger partial charge in [-0.2, -0.15) is 11.8 Å². The van der Waals surface area contributed by atoms with Gasteiger partial charge in [-0.15, -0.1) is 0 Å². The lowest BCUT2D eigenvalue weighted by Crippen LogP contribution is -2.37. The number of nitrogens with one attached hydrogen (secondary N) is 1. The first kappa shape index (κ1) is 16.8. The molecule has 3 rings (SSSR count). The second-order valence-electron chi connectivity index (χ2n) is 6.12. The Hall–Kier alpha value is -2.01. The van der Waals surface area contributed by atoms with E-state index in [1.807, 2.05) is 29.4 Å². The zero-order valence-corrected chi connectivity index (χ0v) is 14.6. The molecule has 1 N–H and O–H groups in total. The molecule has 1 aliphatic heterocycles. The van der Waals surface area contributed by atoms with E-state index in [-0.39, 0.29) is 17.9 Å². The van der Waals surface area contributed by atoms with E-state index in [2.05, 4.69) is 29.6 Å². The average Bonchev–Trinajstić information content (AvgIpc) is 2.92. The van der Waals surface area contributed by atoms with Crippen LogP contribution in [-0.2, 0) is 16.1 Å². The third kappa shape index (κ3) is 3.90. The molecule has 0 saturated carbocycles. The predicted octanol–water partition coefficient (Wildman–Crippen LogP) is 2.81. The Labute approximate surface area is 146 Å². The Kier molecular flexibility index (Phi) is 5.41. The number of carbonyl (C=O) groups excluding carboxylic acids is 2. The number of hydrogen-bond donors (Lipinski definition) is 1. The van der Waals surface area contributed by atoms with Crippen molar-refractivity contribution in [2.24, 2.45) is 0 Å². The fourth-order valence-corrected chi connectivity index (χ4v) is 3.54. The Morgan fingerprint density at radius 2 is 2.04 bits per heavy atom. The van der Waals surface area contributed by atoms with Crippen LogP contribution in [0.3, 0.4) is 0 Å². The number of amides is 2. The number of rotatable bonds is 6. The third-order valence-corrected chi connectivity index (χ3v) is 4.97. The summed E-state index contributed by atoms with van der Waals surface area (Å²) in [4.78, 5) is 26.0. The maximum atomic E-state index is 12.3. The van der Waals surface area contributed by atoms with Gasteiger partial charge in [0.2, 0.25) is 11.8 Å². The van der Waals surface area contributed by atoms with Gasteiger partial charge in [0.05, 0.1) is 6.04 Å². The summed E-state index contributed by atoms with van der Waals surface area (Å²) in [6, 6.07) is 14.3. The number of nitrogens with zero attached hydrogens (tertiary/aromatic N) is 1. The van der Waals surface area contributed by atoms with Gasteiger partial charge in [0.25, 0.3) is 0 Å². The van der Waals surface area contributed by atoms with E-state index in [9.17, 15) is 9.59 Å². The van der Waals surface area contributed by atoms with Crippen molar-refractivity contribution in [1.82, 2.24) is 10.2 Å². The van der Waals surface area contributed by atoms with E-state index in [4.69, 9.17) is 0 Å². The van der Waals surface area contributed by atoms with Crippen LogP contribution in [0.5, 0.6) is 0 Å². The molecule has 2 amide bonds. The molecular weight excluding hydrogens is 320 g/mol. The summed E-state index contributed by atoms with van der Waals surface area (Å²) in [5.41, 5.74) is 1.15. The number of carbonyl (C=O) groups is 2. The van der Waals surface area contributed by atoms with Gasteiger partial charge in [-0.3, -0.25) is 9.59 Å². The molecule has 126 valence electrons. The molecule has 1 aliphatic rings. The van der Waals surface area contributed by atoms with Crippen molar-refractivity contribution in [2.45, 2.75) is 25.4 Å². The fraction of sp³-hybridized carbons (Fsp3) is 0.368. The van der Waals surface area contributed by atoms with Gasteiger partial charge in [-0.05, 0) is 22.6 Å². The highest BCUT2D eigenvalue weighted by Crippen LogP contribution is 2.22.